The summed E-state index contributed by atoms with van der Waals surface area (Å²) in [5.41, 5.74) is 0. The van der Waals surface area contributed by atoms with Gasteiger partial charge in [0, 0.05) is 5.92 Å². The number of amides is 1. The predicted octanol–water partition coefficient (Wildman–Crippen LogP) is 1.52. The van der Waals surface area contributed by atoms with Crippen molar-refractivity contribution in [2.45, 2.75) is 26.7 Å². The zero-order valence-corrected chi connectivity index (χ0v) is 8.92. The van der Waals surface area contributed by atoms with Crippen LogP contribution in [0.1, 0.15) is 26.7 Å². The lowest BCUT2D eigenvalue weighted by Gasteiger charge is -2.22. The zero-order valence-electron chi connectivity index (χ0n) is 8.92. The normalized spacial score (nSPS) is 9.21. The van der Waals surface area contributed by atoms with E-state index in [0.29, 0.717) is 13.1 Å². The van der Waals surface area contributed by atoms with Gasteiger partial charge in [0.25, 0.3) is 0 Å². The molecule has 14 heavy (non-hydrogen) atoms. The number of rotatable bonds is 5. The third-order valence-electron chi connectivity index (χ3n) is 2.21. The molecule has 0 aliphatic heterocycles. The first-order valence-corrected chi connectivity index (χ1v) is 4.86. The molecule has 0 aliphatic rings. The maximum Gasteiger partial charge on any atom is 0.227 e. The number of carbonyl (C=O) groups excluding carboxylic acids is 1. The molecule has 0 aromatic rings. The van der Waals surface area contributed by atoms with Crippen molar-refractivity contribution in [2.75, 3.05) is 13.1 Å². The van der Waals surface area contributed by atoms with Gasteiger partial charge in [0.05, 0.1) is 13.1 Å². The molecule has 0 atom stereocenters. The SMILES string of the molecule is C#CCN(CC#C)C(=O)C(CC)CC. The maximum atomic E-state index is 11.8. The second-order valence-corrected chi connectivity index (χ2v) is 3.12. The van der Waals surface area contributed by atoms with Gasteiger partial charge in [-0.25, -0.2) is 0 Å². The Morgan fingerprint density at radius 2 is 1.64 bits per heavy atom. The van der Waals surface area contributed by atoms with Crippen LogP contribution in [0, 0.1) is 30.6 Å². The van der Waals surface area contributed by atoms with E-state index in [1.54, 1.807) is 4.90 Å². The van der Waals surface area contributed by atoms with Crippen molar-refractivity contribution < 1.29 is 4.79 Å². The molecule has 0 bridgehead atoms. The van der Waals surface area contributed by atoms with E-state index in [9.17, 15) is 4.79 Å². The summed E-state index contributed by atoms with van der Waals surface area (Å²) in [7, 11) is 0. The molecule has 0 N–H and O–H groups in total. The minimum Gasteiger partial charge on any atom is -0.320 e. The first-order chi connectivity index (χ1) is 6.71. The van der Waals surface area contributed by atoms with E-state index in [1.807, 2.05) is 13.8 Å². The van der Waals surface area contributed by atoms with E-state index in [-0.39, 0.29) is 11.8 Å². The van der Waals surface area contributed by atoms with Gasteiger partial charge in [-0.2, -0.15) is 0 Å². The molecule has 0 aliphatic carbocycles. The lowest BCUT2D eigenvalue weighted by Crippen LogP contribution is -2.36. The van der Waals surface area contributed by atoms with Gasteiger partial charge in [0.15, 0.2) is 0 Å². The predicted molar refractivity (Wildman–Crippen MR) is 58.3 cm³/mol. The largest absolute Gasteiger partial charge is 0.320 e. The summed E-state index contributed by atoms with van der Waals surface area (Å²) < 4.78 is 0. The van der Waals surface area contributed by atoms with Crippen molar-refractivity contribution >= 4 is 5.91 Å². The van der Waals surface area contributed by atoms with Crippen molar-refractivity contribution in [3.8, 4) is 24.7 Å². The third kappa shape index (κ3) is 3.54. The maximum absolute atomic E-state index is 11.8. The number of hydrogen-bond acceptors (Lipinski definition) is 1. The van der Waals surface area contributed by atoms with Crippen LogP contribution >= 0.6 is 0 Å². The first-order valence-electron chi connectivity index (χ1n) is 4.86. The van der Waals surface area contributed by atoms with Gasteiger partial charge in [-0.05, 0) is 12.8 Å². The number of hydrogen-bond donors (Lipinski definition) is 0. The molecule has 76 valence electrons. The Morgan fingerprint density at radius 1 is 1.21 bits per heavy atom. The molecule has 0 unspecified atom stereocenters. The zero-order chi connectivity index (χ0) is 11.0. The highest BCUT2D eigenvalue weighted by Crippen LogP contribution is 2.11. The van der Waals surface area contributed by atoms with Crippen LogP contribution in [0.5, 0.6) is 0 Å². The summed E-state index contributed by atoms with van der Waals surface area (Å²) in [5, 5.41) is 0. The quantitative estimate of drug-likeness (QED) is 0.603. The van der Waals surface area contributed by atoms with E-state index in [1.165, 1.54) is 0 Å². The van der Waals surface area contributed by atoms with Crippen molar-refractivity contribution in [1.29, 1.82) is 0 Å². The van der Waals surface area contributed by atoms with Crippen molar-refractivity contribution in [2.24, 2.45) is 5.92 Å². The molecule has 2 nitrogen and oxygen atoms in total. The molecule has 0 heterocycles. The Hall–Kier alpha value is -1.41. The van der Waals surface area contributed by atoms with E-state index >= 15 is 0 Å². The Bertz CT molecular complexity index is 236. The van der Waals surface area contributed by atoms with Gasteiger partial charge >= 0.3 is 0 Å². The van der Waals surface area contributed by atoms with Gasteiger partial charge in [0.1, 0.15) is 0 Å². The van der Waals surface area contributed by atoms with Crippen molar-refractivity contribution in [3.05, 3.63) is 0 Å². The Balaban J connectivity index is 4.43. The van der Waals surface area contributed by atoms with Crippen LogP contribution in [0.2, 0.25) is 0 Å². The molecule has 0 fully saturated rings. The van der Waals surface area contributed by atoms with E-state index < -0.39 is 0 Å². The topological polar surface area (TPSA) is 20.3 Å². The fraction of sp³-hybridized carbons (Fsp3) is 0.583. The van der Waals surface area contributed by atoms with Gasteiger partial charge < -0.3 is 4.90 Å². The minimum atomic E-state index is 0.0525. The molecule has 0 saturated carbocycles. The summed E-state index contributed by atoms with van der Waals surface area (Å²) in [5.74, 6) is 5.02. The number of carbonyl (C=O) groups is 1. The van der Waals surface area contributed by atoms with Gasteiger partial charge in [-0.15, -0.1) is 12.8 Å². The first kappa shape index (κ1) is 12.6. The lowest BCUT2D eigenvalue weighted by molar-refractivity contribution is -0.134. The van der Waals surface area contributed by atoms with E-state index in [4.69, 9.17) is 12.8 Å². The average Bonchev–Trinajstić information content (AvgIpc) is 2.19. The average molecular weight is 191 g/mol. The molecule has 2 heteroatoms. The molecule has 0 spiro atoms. The van der Waals surface area contributed by atoms with Crippen LogP contribution in [0.4, 0.5) is 0 Å². The van der Waals surface area contributed by atoms with Gasteiger partial charge in [0.2, 0.25) is 5.91 Å². The Labute approximate surface area is 86.7 Å². The fourth-order valence-corrected chi connectivity index (χ4v) is 1.33. The van der Waals surface area contributed by atoms with Crippen LogP contribution in [0.25, 0.3) is 0 Å². The summed E-state index contributed by atoms with van der Waals surface area (Å²) in [4.78, 5) is 13.4. The molecule has 0 rings (SSSR count). The Morgan fingerprint density at radius 3 is 1.93 bits per heavy atom. The van der Waals surface area contributed by atoms with Crippen LogP contribution in [0.15, 0.2) is 0 Å². The number of terminal acetylenes is 2. The van der Waals surface area contributed by atoms with Crippen LogP contribution < -0.4 is 0 Å². The summed E-state index contributed by atoms with van der Waals surface area (Å²) >= 11 is 0. The Kier molecular flexibility index (Phi) is 6.33. The van der Waals surface area contributed by atoms with Crippen molar-refractivity contribution in [1.82, 2.24) is 4.90 Å². The van der Waals surface area contributed by atoms with Crippen molar-refractivity contribution in [3.63, 3.8) is 0 Å². The molecule has 0 radical (unpaired) electrons. The van der Waals surface area contributed by atoms with Gasteiger partial charge in [-0.3, -0.25) is 4.79 Å². The monoisotopic (exact) mass is 191 g/mol. The van der Waals surface area contributed by atoms with E-state index in [0.717, 1.165) is 12.8 Å². The second kappa shape index (κ2) is 7.04. The van der Waals surface area contributed by atoms with Crippen LogP contribution in [-0.4, -0.2) is 23.9 Å². The molecule has 0 saturated heterocycles. The van der Waals surface area contributed by atoms with E-state index in [2.05, 4.69) is 11.8 Å². The standard InChI is InChI=1S/C12H17NO/c1-5-9-13(10-6-2)12(14)11(7-3)8-4/h1-2,11H,7-10H2,3-4H3. The van der Waals surface area contributed by atoms with Gasteiger partial charge in [-0.1, -0.05) is 25.7 Å². The smallest absolute Gasteiger partial charge is 0.227 e. The molecule has 1 amide bonds. The molecular formula is C12H17NO. The molecule has 0 aromatic carbocycles. The lowest BCUT2D eigenvalue weighted by atomic mass is 10.0. The van der Waals surface area contributed by atoms with Crippen LogP contribution in [0.3, 0.4) is 0 Å². The van der Waals surface area contributed by atoms with Crippen LogP contribution in [-0.2, 0) is 4.79 Å². The fourth-order valence-electron chi connectivity index (χ4n) is 1.33. The highest BCUT2D eigenvalue weighted by Gasteiger charge is 2.19. The molecular weight excluding hydrogens is 174 g/mol. The molecule has 0 aromatic heterocycles. The number of nitrogens with zero attached hydrogens (tertiary/aromatic N) is 1. The summed E-state index contributed by atoms with van der Waals surface area (Å²) in [6.45, 7) is 4.60. The highest BCUT2D eigenvalue weighted by atomic mass is 16.2. The third-order valence-corrected chi connectivity index (χ3v) is 2.21. The second-order valence-electron chi connectivity index (χ2n) is 3.12. The summed E-state index contributed by atoms with van der Waals surface area (Å²) in [6.07, 6.45) is 12.0. The summed E-state index contributed by atoms with van der Waals surface area (Å²) in [6, 6.07) is 0. The highest BCUT2D eigenvalue weighted by molar-refractivity contribution is 5.79. The minimum absolute atomic E-state index is 0.0525.